The van der Waals surface area contributed by atoms with E-state index in [1.54, 1.807) is 42.5 Å². The van der Waals surface area contributed by atoms with Crippen LogP contribution in [0.25, 0.3) is 0 Å². The number of benzene rings is 3. The number of rotatable bonds is 13. The van der Waals surface area contributed by atoms with Gasteiger partial charge >= 0.3 is 0 Å². The minimum Gasteiger partial charge on any atom is -0.490 e. The lowest BCUT2D eigenvalue weighted by Crippen LogP contribution is -2.20. The second-order valence-electron chi connectivity index (χ2n) is 8.29. The molecular weight excluding hydrogens is 649 g/mol. The Bertz CT molecular complexity index is 1380. The Balaban J connectivity index is 1.67. The molecule has 3 aromatic rings. The van der Waals surface area contributed by atoms with Crippen LogP contribution in [0.4, 0.5) is 5.69 Å². The summed E-state index contributed by atoms with van der Waals surface area (Å²) in [7, 11) is 0. The first-order valence-electron chi connectivity index (χ1n) is 12.6. The zero-order valence-corrected chi connectivity index (χ0v) is 25.6. The molecule has 0 aliphatic heterocycles. The number of nitrogens with zero attached hydrogens (tertiary/aromatic N) is 1. The van der Waals surface area contributed by atoms with Gasteiger partial charge in [-0.3, -0.25) is 9.59 Å². The molecule has 2 N–H and O–H groups in total. The molecule has 0 heterocycles. The van der Waals surface area contributed by atoms with E-state index in [0.717, 1.165) is 5.56 Å². The maximum atomic E-state index is 12.7. The highest BCUT2D eigenvalue weighted by Gasteiger charge is 2.15. The quantitative estimate of drug-likeness (QED) is 0.126. The van der Waals surface area contributed by atoms with Crippen LogP contribution in [-0.4, -0.2) is 44.5 Å². The van der Waals surface area contributed by atoms with Gasteiger partial charge < -0.3 is 24.3 Å². The van der Waals surface area contributed by atoms with Crippen LogP contribution in [0.5, 0.6) is 23.0 Å². The summed E-state index contributed by atoms with van der Waals surface area (Å²) in [5, 5.41) is 7.42. The first-order valence-corrected chi connectivity index (χ1v) is 14.1. The van der Waals surface area contributed by atoms with Gasteiger partial charge in [-0.25, -0.2) is 5.43 Å². The first kappa shape index (κ1) is 31.0. The predicted octanol–water partition coefficient (Wildman–Crippen LogP) is 6.23. The molecule has 11 heteroatoms. The Kier molecular flexibility index (Phi) is 11.9. The number of halogens is 2. The molecule has 3 rings (SSSR count). The summed E-state index contributed by atoms with van der Waals surface area (Å²) >= 11 is 8.23. The molecule has 212 valence electrons. The van der Waals surface area contributed by atoms with Gasteiger partial charge in [0, 0.05) is 16.3 Å². The van der Waals surface area contributed by atoms with Gasteiger partial charge in [-0.2, -0.15) is 5.10 Å². The number of hydrogen-bond donors (Lipinski definition) is 2. The highest BCUT2D eigenvalue weighted by Crippen LogP contribution is 2.34. The van der Waals surface area contributed by atoms with E-state index in [-0.39, 0.29) is 12.5 Å². The van der Waals surface area contributed by atoms with E-state index in [2.05, 4.69) is 38.4 Å². The van der Waals surface area contributed by atoms with Crippen molar-refractivity contribution < 1.29 is 28.5 Å². The molecule has 0 radical (unpaired) electrons. The van der Waals surface area contributed by atoms with Crippen molar-refractivity contribution in [2.45, 2.75) is 27.7 Å². The van der Waals surface area contributed by atoms with Gasteiger partial charge in [-0.15, -0.1) is 0 Å². The Morgan fingerprint density at radius 1 is 0.900 bits per heavy atom. The number of aryl methyl sites for hydroxylation is 1. The Hall–Kier alpha value is -3.51. The fourth-order valence-corrected chi connectivity index (χ4v) is 4.45. The van der Waals surface area contributed by atoms with E-state index in [1.807, 2.05) is 33.8 Å². The summed E-state index contributed by atoms with van der Waals surface area (Å²) in [5.74, 6) is 1.19. The number of anilines is 1. The van der Waals surface area contributed by atoms with Crippen LogP contribution in [0.15, 0.2) is 53.6 Å². The maximum absolute atomic E-state index is 12.7. The fraction of sp³-hybridized carbons (Fsp3) is 0.276. The van der Waals surface area contributed by atoms with E-state index < -0.39 is 5.91 Å². The monoisotopic (exact) mass is 679 g/mol. The summed E-state index contributed by atoms with van der Waals surface area (Å²) in [6, 6.07) is 13.8. The first-order chi connectivity index (χ1) is 19.2. The SMILES string of the molecule is CCOc1ccc(C(=O)N/N=C/c2cc(I)c(OCC(=O)Nc3ccc(C)c(Cl)c3)c(OCC)c2)cc1OCC. The van der Waals surface area contributed by atoms with Crippen LogP contribution in [0.1, 0.15) is 42.3 Å². The molecule has 0 aliphatic carbocycles. The lowest BCUT2D eigenvalue weighted by atomic mass is 10.2. The second-order valence-corrected chi connectivity index (χ2v) is 9.86. The van der Waals surface area contributed by atoms with Crippen molar-refractivity contribution in [1.29, 1.82) is 0 Å². The number of carbonyl (C=O) groups excluding carboxylic acids is 2. The van der Waals surface area contributed by atoms with E-state index in [1.165, 1.54) is 6.21 Å². The van der Waals surface area contributed by atoms with Crippen LogP contribution in [0.3, 0.4) is 0 Å². The zero-order chi connectivity index (χ0) is 29.1. The zero-order valence-electron chi connectivity index (χ0n) is 22.7. The minimum absolute atomic E-state index is 0.225. The summed E-state index contributed by atoms with van der Waals surface area (Å²) < 4.78 is 23.4. The van der Waals surface area contributed by atoms with Crippen molar-refractivity contribution in [3.63, 3.8) is 0 Å². The van der Waals surface area contributed by atoms with Crippen LogP contribution in [-0.2, 0) is 4.79 Å². The second kappa shape index (κ2) is 15.3. The molecular formula is C29H31ClIN3O6. The average Bonchev–Trinajstić information content (AvgIpc) is 2.91. The third-order valence-electron chi connectivity index (χ3n) is 5.32. The summed E-state index contributed by atoms with van der Waals surface area (Å²) in [6.45, 7) is 8.55. The van der Waals surface area contributed by atoms with Crippen molar-refractivity contribution in [2.24, 2.45) is 5.10 Å². The maximum Gasteiger partial charge on any atom is 0.271 e. The molecule has 0 saturated heterocycles. The third-order valence-corrected chi connectivity index (χ3v) is 6.53. The van der Waals surface area contributed by atoms with E-state index >= 15 is 0 Å². The molecule has 0 aromatic heterocycles. The van der Waals surface area contributed by atoms with Crippen molar-refractivity contribution in [1.82, 2.24) is 5.43 Å². The standard InChI is InChI=1S/C29H31ClIN3O6/c1-5-37-24-11-9-20(14-25(24)38-6-2)29(36)34-32-16-19-12-23(31)28(26(13-19)39-7-3)40-17-27(35)33-21-10-8-18(4)22(30)15-21/h8-16H,5-7,17H2,1-4H3,(H,33,35)(H,34,36)/b32-16+. The Labute approximate surface area is 252 Å². The molecule has 0 spiro atoms. The molecule has 40 heavy (non-hydrogen) atoms. The fourth-order valence-electron chi connectivity index (χ4n) is 3.49. The van der Waals surface area contributed by atoms with Gasteiger partial charge in [-0.05, 0) is 104 Å². The highest BCUT2D eigenvalue weighted by atomic mass is 127. The average molecular weight is 680 g/mol. The number of hydrazone groups is 1. The van der Waals surface area contributed by atoms with Crippen molar-refractivity contribution in [2.75, 3.05) is 31.7 Å². The third kappa shape index (κ3) is 8.75. The highest BCUT2D eigenvalue weighted by molar-refractivity contribution is 14.1. The largest absolute Gasteiger partial charge is 0.490 e. The van der Waals surface area contributed by atoms with Crippen LogP contribution in [0, 0.1) is 10.5 Å². The molecule has 0 aliphatic rings. The number of nitrogens with one attached hydrogen (secondary N) is 2. The summed E-state index contributed by atoms with van der Waals surface area (Å²) in [4.78, 5) is 25.1. The van der Waals surface area contributed by atoms with Crippen LogP contribution >= 0.6 is 34.2 Å². The van der Waals surface area contributed by atoms with Crippen LogP contribution in [0.2, 0.25) is 5.02 Å². The molecule has 0 saturated carbocycles. The lowest BCUT2D eigenvalue weighted by molar-refractivity contribution is -0.118. The molecule has 0 unspecified atom stereocenters. The smallest absolute Gasteiger partial charge is 0.271 e. The van der Waals surface area contributed by atoms with Gasteiger partial charge in [0.1, 0.15) is 0 Å². The van der Waals surface area contributed by atoms with E-state index in [0.29, 0.717) is 68.2 Å². The van der Waals surface area contributed by atoms with Gasteiger partial charge in [0.15, 0.2) is 29.6 Å². The number of hydrogen-bond acceptors (Lipinski definition) is 7. The molecule has 2 amide bonds. The van der Waals surface area contributed by atoms with Crippen molar-refractivity contribution >= 4 is 57.9 Å². The van der Waals surface area contributed by atoms with Gasteiger partial charge in [0.05, 0.1) is 29.6 Å². The van der Waals surface area contributed by atoms with E-state index in [4.69, 9.17) is 30.5 Å². The van der Waals surface area contributed by atoms with Crippen molar-refractivity contribution in [3.05, 3.63) is 73.8 Å². The summed E-state index contributed by atoms with van der Waals surface area (Å²) in [6.07, 6.45) is 1.50. The molecule has 9 nitrogen and oxygen atoms in total. The topological polar surface area (TPSA) is 107 Å². The molecule has 3 aromatic carbocycles. The predicted molar refractivity (Wildman–Crippen MR) is 164 cm³/mol. The number of amides is 2. The number of carbonyl (C=O) groups is 2. The summed E-state index contributed by atoms with van der Waals surface area (Å²) in [5.41, 5.74) is 5.07. The normalized spacial score (nSPS) is 10.8. The molecule has 0 fully saturated rings. The molecule has 0 atom stereocenters. The number of ether oxygens (including phenoxy) is 4. The van der Waals surface area contributed by atoms with Gasteiger partial charge in [-0.1, -0.05) is 17.7 Å². The van der Waals surface area contributed by atoms with Gasteiger partial charge in [0.25, 0.3) is 11.8 Å². The Morgan fingerprint density at radius 3 is 2.30 bits per heavy atom. The Morgan fingerprint density at radius 2 is 1.60 bits per heavy atom. The van der Waals surface area contributed by atoms with Gasteiger partial charge in [0.2, 0.25) is 0 Å². The minimum atomic E-state index is -0.402. The van der Waals surface area contributed by atoms with E-state index in [9.17, 15) is 9.59 Å². The van der Waals surface area contributed by atoms with Crippen molar-refractivity contribution in [3.8, 4) is 23.0 Å². The lowest BCUT2D eigenvalue weighted by Gasteiger charge is -2.15. The van der Waals surface area contributed by atoms with Crippen LogP contribution < -0.4 is 29.7 Å². The molecule has 0 bridgehead atoms.